The Hall–Kier alpha value is -1.05. The highest BCUT2D eigenvalue weighted by Gasteiger charge is 2.14. The average molecular weight is 471 g/mol. The van der Waals surface area contributed by atoms with Gasteiger partial charge in [-0.1, -0.05) is 38.2 Å². The van der Waals surface area contributed by atoms with E-state index in [1.54, 1.807) is 0 Å². The molecule has 1 saturated heterocycles. The molecule has 0 aromatic carbocycles. The molecule has 1 saturated carbocycles. The molecule has 6 heteroatoms. The largest absolute Gasteiger partial charge is 0.357 e. The summed E-state index contributed by atoms with van der Waals surface area (Å²) in [5.74, 6) is 2.03. The van der Waals surface area contributed by atoms with Crippen molar-refractivity contribution < 1.29 is 0 Å². The fourth-order valence-corrected chi connectivity index (χ4v) is 3.83. The van der Waals surface area contributed by atoms with Gasteiger partial charge in [0.1, 0.15) is 5.82 Å². The lowest BCUT2D eigenvalue weighted by Gasteiger charge is -2.25. The molecule has 5 nitrogen and oxygen atoms in total. The Kier molecular flexibility index (Phi) is 9.50. The summed E-state index contributed by atoms with van der Waals surface area (Å²) in [4.78, 5) is 11.5. The lowest BCUT2D eigenvalue weighted by molar-refractivity contribution is 0.410. The highest BCUT2D eigenvalue weighted by atomic mass is 127. The van der Waals surface area contributed by atoms with E-state index in [0.29, 0.717) is 6.04 Å². The van der Waals surface area contributed by atoms with Crippen molar-refractivity contribution in [2.45, 2.75) is 70.4 Å². The first-order valence-corrected chi connectivity index (χ1v) is 10.0. The number of guanidine groups is 1. The minimum absolute atomic E-state index is 0. The molecule has 2 fully saturated rings. The van der Waals surface area contributed by atoms with E-state index in [1.807, 2.05) is 13.2 Å². The molecule has 0 bridgehead atoms. The second-order valence-electron chi connectivity index (χ2n) is 7.33. The van der Waals surface area contributed by atoms with Crippen LogP contribution in [0.5, 0.6) is 0 Å². The van der Waals surface area contributed by atoms with Crippen LogP contribution in [0.2, 0.25) is 0 Å². The summed E-state index contributed by atoms with van der Waals surface area (Å²) in [6, 6.07) is 4.93. The van der Waals surface area contributed by atoms with Gasteiger partial charge < -0.3 is 15.5 Å². The zero-order valence-electron chi connectivity index (χ0n) is 16.0. The Morgan fingerprint density at radius 2 is 1.77 bits per heavy atom. The first kappa shape index (κ1) is 21.3. The van der Waals surface area contributed by atoms with Crippen LogP contribution in [0, 0.1) is 0 Å². The molecule has 1 aromatic rings. The summed E-state index contributed by atoms with van der Waals surface area (Å²) in [5.41, 5.74) is 1.20. The zero-order chi connectivity index (χ0) is 17.3. The molecule has 1 aliphatic carbocycles. The fraction of sp³-hybridized carbons (Fsp3) is 0.700. The Morgan fingerprint density at radius 1 is 1.08 bits per heavy atom. The Labute approximate surface area is 175 Å². The molecule has 146 valence electrons. The van der Waals surface area contributed by atoms with Crippen LogP contribution >= 0.6 is 24.0 Å². The second-order valence-corrected chi connectivity index (χ2v) is 7.33. The minimum atomic E-state index is 0. The van der Waals surface area contributed by atoms with Gasteiger partial charge in [-0.2, -0.15) is 0 Å². The van der Waals surface area contributed by atoms with Crippen molar-refractivity contribution in [1.82, 2.24) is 15.6 Å². The van der Waals surface area contributed by atoms with Gasteiger partial charge >= 0.3 is 0 Å². The smallest absolute Gasteiger partial charge is 0.191 e. The van der Waals surface area contributed by atoms with Gasteiger partial charge in [0.25, 0.3) is 0 Å². The van der Waals surface area contributed by atoms with Gasteiger partial charge in [0.05, 0.1) is 0 Å². The number of pyridine rings is 1. The van der Waals surface area contributed by atoms with Gasteiger partial charge in [0.2, 0.25) is 0 Å². The third kappa shape index (κ3) is 6.59. The van der Waals surface area contributed by atoms with Crippen LogP contribution in [0.4, 0.5) is 5.82 Å². The van der Waals surface area contributed by atoms with Crippen molar-refractivity contribution in [3.63, 3.8) is 0 Å². The first-order chi connectivity index (χ1) is 12.3. The first-order valence-electron chi connectivity index (χ1n) is 10.0. The molecule has 1 aromatic heterocycles. The van der Waals surface area contributed by atoms with Gasteiger partial charge in [0.15, 0.2) is 5.96 Å². The van der Waals surface area contributed by atoms with E-state index in [4.69, 9.17) is 0 Å². The Morgan fingerprint density at radius 3 is 2.38 bits per heavy atom. The second kappa shape index (κ2) is 11.6. The maximum absolute atomic E-state index is 4.69. The average Bonchev–Trinajstić information content (AvgIpc) is 2.96. The molecule has 0 spiro atoms. The zero-order valence-corrected chi connectivity index (χ0v) is 18.4. The standard InChI is InChI=1S/C20H33N5.HI/c1-21-20(24-18-9-5-4-6-10-18)23-16-17-11-12-19(22-15-17)25-13-7-2-3-8-14-25;/h11-12,15,18H,2-10,13-14,16H2,1H3,(H2,21,23,24);1H. The number of rotatable bonds is 4. The minimum Gasteiger partial charge on any atom is -0.357 e. The van der Waals surface area contributed by atoms with Crippen molar-refractivity contribution in [1.29, 1.82) is 0 Å². The van der Waals surface area contributed by atoms with Crippen LogP contribution < -0.4 is 15.5 Å². The molecular weight excluding hydrogens is 437 g/mol. The molecule has 2 aliphatic rings. The quantitative estimate of drug-likeness (QED) is 0.395. The number of nitrogens with one attached hydrogen (secondary N) is 2. The third-order valence-electron chi connectivity index (χ3n) is 5.37. The molecule has 26 heavy (non-hydrogen) atoms. The third-order valence-corrected chi connectivity index (χ3v) is 5.37. The van der Waals surface area contributed by atoms with Crippen LogP contribution in [0.1, 0.15) is 63.4 Å². The van der Waals surface area contributed by atoms with Crippen molar-refractivity contribution in [3.8, 4) is 0 Å². The van der Waals surface area contributed by atoms with Crippen LogP contribution in [0.15, 0.2) is 23.3 Å². The van der Waals surface area contributed by atoms with Crippen LogP contribution in [0.3, 0.4) is 0 Å². The number of nitrogens with zero attached hydrogens (tertiary/aromatic N) is 3. The highest BCUT2D eigenvalue weighted by Crippen LogP contribution is 2.18. The maximum atomic E-state index is 4.69. The summed E-state index contributed by atoms with van der Waals surface area (Å²) in [6.45, 7) is 3.05. The van der Waals surface area contributed by atoms with E-state index in [9.17, 15) is 0 Å². The number of aliphatic imine (C=N–C) groups is 1. The van der Waals surface area contributed by atoms with Crippen molar-refractivity contribution in [3.05, 3.63) is 23.9 Å². The van der Waals surface area contributed by atoms with E-state index < -0.39 is 0 Å². The SMILES string of the molecule is CN=C(NCc1ccc(N2CCCCCC2)nc1)NC1CCCCC1.I. The van der Waals surface area contributed by atoms with E-state index >= 15 is 0 Å². The van der Waals surface area contributed by atoms with Gasteiger partial charge in [-0.05, 0) is 37.3 Å². The highest BCUT2D eigenvalue weighted by molar-refractivity contribution is 14.0. The number of hydrogen-bond donors (Lipinski definition) is 2. The normalized spacial score (nSPS) is 19.4. The van der Waals surface area contributed by atoms with Crippen LogP contribution in [0.25, 0.3) is 0 Å². The Balaban J connectivity index is 0.00000243. The summed E-state index contributed by atoms with van der Waals surface area (Å²) in [7, 11) is 1.85. The summed E-state index contributed by atoms with van der Waals surface area (Å²) < 4.78 is 0. The summed E-state index contributed by atoms with van der Waals surface area (Å²) in [5, 5.41) is 6.98. The predicted molar refractivity (Wildman–Crippen MR) is 121 cm³/mol. The van der Waals surface area contributed by atoms with E-state index in [2.05, 4.69) is 37.6 Å². The maximum Gasteiger partial charge on any atom is 0.191 e. The molecule has 2 N–H and O–H groups in total. The monoisotopic (exact) mass is 471 g/mol. The van der Waals surface area contributed by atoms with Crippen molar-refractivity contribution >= 4 is 35.8 Å². The molecule has 2 heterocycles. The van der Waals surface area contributed by atoms with Gasteiger partial charge in [-0.15, -0.1) is 24.0 Å². The number of aromatic nitrogens is 1. The van der Waals surface area contributed by atoms with Crippen LogP contribution in [-0.2, 0) is 6.54 Å². The molecule has 1 aliphatic heterocycles. The van der Waals surface area contributed by atoms with E-state index in [-0.39, 0.29) is 24.0 Å². The Bertz CT molecular complexity index is 532. The summed E-state index contributed by atoms with van der Waals surface area (Å²) >= 11 is 0. The van der Waals surface area contributed by atoms with Crippen LogP contribution in [-0.4, -0.2) is 37.1 Å². The van der Waals surface area contributed by atoms with E-state index in [1.165, 1.54) is 63.4 Å². The van der Waals surface area contributed by atoms with Gasteiger partial charge in [0, 0.05) is 38.9 Å². The lowest BCUT2D eigenvalue weighted by atomic mass is 9.96. The molecule has 0 amide bonds. The molecule has 3 rings (SSSR count). The molecule has 0 radical (unpaired) electrons. The fourth-order valence-electron chi connectivity index (χ4n) is 3.83. The summed E-state index contributed by atoms with van der Waals surface area (Å²) in [6.07, 6.45) is 13.8. The number of anilines is 1. The van der Waals surface area contributed by atoms with Gasteiger partial charge in [-0.25, -0.2) is 4.98 Å². The molecular formula is C20H34IN5. The lowest BCUT2D eigenvalue weighted by Crippen LogP contribution is -2.43. The topological polar surface area (TPSA) is 52.6 Å². The molecule has 0 atom stereocenters. The number of halogens is 1. The van der Waals surface area contributed by atoms with Crippen molar-refractivity contribution in [2.75, 3.05) is 25.0 Å². The number of hydrogen-bond acceptors (Lipinski definition) is 3. The van der Waals surface area contributed by atoms with Crippen molar-refractivity contribution in [2.24, 2.45) is 4.99 Å². The van der Waals surface area contributed by atoms with E-state index in [0.717, 1.165) is 31.4 Å². The molecule has 0 unspecified atom stereocenters. The van der Waals surface area contributed by atoms with Gasteiger partial charge in [-0.3, -0.25) is 4.99 Å². The predicted octanol–water partition coefficient (Wildman–Crippen LogP) is 4.08.